The van der Waals surface area contributed by atoms with Crippen LogP contribution in [0.25, 0.3) is 17.2 Å². The van der Waals surface area contributed by atoms with E-state index >= 15 is 0 Å². The minimum Gasteiger partial charge on any atom is -0.441 e. The van der Waals surface area contributed by atoms with Crippen molar-refractivity contribution in [2.75, 3.05) is 5.73 Å². The highest BCUT2D eigenvalue weighted by Gasteiger charge is 2.10. The van der Waals surface area contributed by atoms with E-state index in [1.54, 1.807) is 22.7 Å². The summed E-state index contributed by atoms with van der Waals surface area (Å²) in [6.45, 7) is 0. The zero-order valence-corrected chi connectivity index (χ0v) is 8.85. The summed E-state index contributed by atoms with van der Waals surface area (Å²) in [6.07, 6.45) is 0. The molecule has 3 heterocycles. The molecule has 0 fully saturated rings. The van der Waals surface area contributed by atoms with Crippen LogP contribution in [0.5, 0.6) is 0 Å². The van der Waals surface area contributed by atoms with Crippen LogP contribution in [0.1, 0.15) is 0 Å². The first-order chi connectivity index (χ1) is 7.74. The summed E-state index contributed by atoms with van der Waals surface area (Å²) in [5, 5.41) is 4.53. The average Bonchev–Trinajstić information content (AvgIpc) is 2.84. The molecule has 3 aromatic heterocycles. The molecule has 0 aliphatic rings. The largest absolute Gasteiger partial charge is 0.441 e. The Morgan fingerprint density at radius 3 is 2.81 bits per heavy atom. The Hall–Kier alpha value is -2.01. The van der Waals surface area contributed by atoms with Gasteiger partial charge in [-0.2, -0.15) is 4.52 Å². The van der Waals surface area contributed by atoms with Crippen molar-refractivity contribution in [3.63, 3.8) is 0 Å². The average molecular weight is 235 g/mol. The predicted molar refractivity (Wildman–Crippen MR) is 60.1 cm³/mol. The zero-order valence-electron chi connectivity index (χ0n) is 8.09. The van der Waals surface area contributed by atoms with Crippen LogP contribution in [-0.4, -0.2) is 14.6 Å². The minimum absolute atomic E-state index is 0.307. The highest BCUT2D eigenvalue weighted by molar-refractivity contribution is 6.28. The number of anilines is 1. The van der Waals surface area contributed by atoms with Crippen molar-refractivity contribution < 1.29 is 4.42 Å². The van der Waals surface area contributed by atoms with Crippen molar-refractivity contribution in [2.45, 2.75) is 0 Å². The second kappa shape index (κ2) is 3.24. The summed E-state index contributed by atoms with van der Waals surface area (Å²) < 4.78 is 6.77. The second-order valence-electron chi connectivity index (χ2n) is 3.26. The van der Waals surface area contributed by atoms with Crippen LogP contribution in [0, 0.1) is 0 Å². The van der Waals surface area contributed by atoms with Gasteiger partial charge < -0.3 is 10.2 Å². The quantitative estimate of drug-likeness (QED) is 0.701. The van der Waals surface area contributed by atoms with Crippen LogP contribution in [0.2, 0.25) is 5.22 Å². The van der Waals surface area contributed by atoms with E-state index in [9.17, 15) is 0 Å². The lowest BCUT2D eigenvalue weighted by Gasteiger charge is -1.93. The van der Waals surface area contributed by atoms with Crippen molar-refractivity contribution in [3.05, 3.63) is 35.6 Å². The van der Waals surface area contributed by atoms with Gasteiger partial charge in [-0.1, -0.05) is 6.07 Å². The van der Waals surface area contributed by atoms with Crippen molar-refractivity contribution >= 4 is 23.1 Å². The fourth-order valence-electron chi connectivity index (χ4n) is 1.46. The molecular formula is C10H7ClN4O. The molecule has 3 aromatic rings. The number of aromatic nitrogens is 3. The van der Waals surface area contributed by atoms with Gasteiger partial charge in [0.15, 0.2) is 16.6 Å². The lowest BCUT2D eigenvalue weighted by atomic mass is 10.4. The van der Waals surface area contributed by atoms with Gasteiger partial charge in [0.1, 0.15) is 5.82 Å². The maximum absolute atomic E-state index is 5.76. The zero-order chi connectivity index (χ0) is 11.1. The predicted octanol–water partition coefficient (Wildman–Crippen LogP) is 2.22. The first kappa shape index (κ1) is 9.23. The van der Waals surface area contributed by atoms with Gasteiger partial charge in [-0.15, -0.1) is 5.10 Å². The van der Waals surface area contributed by atoms with Gasteiger partial charge in [0.2, 0.25) is 5.82 Å². The number of nitrogen functional groups attached to an aromatic ring is 1. The summed E-state index contributed by atoms with van der Waals surface area (Å²) in [5.74, 6) is 1.51. The lowest BCUT2D eigenvalue weighted by molar-refractivity contribution is 0.579. The Bertz CT molecular complexity index is 658. The van der Waals surface area contributed by atoms with Crippen LogP contribution in [0.3, 0.4) is 0 Å². The Morgan fingerprint density at radius 2 is 2.12 bits per heavy atom. The highest BCUT2D eigenvalue weighted by Crippen LogP contribution is 2.22. The minimum atomic E-state index is 0.307. The molecule has 0 saturated carbocycles. The number of nitrogens with two attached hydrogens (primary N) is 1. The smallest absolute Gasteiger partial charge is 0.218 e. The summed E-state index contributed by atoms with van der Waals surface area (Å²) in [5.41, 5.74) is 6.43. The molecule has 2 N–H and O–H groups in total. The van der Waals surface area contributed by atoms with Crippen molar-refractivity contribution in [2.24, 2.45) is 0 Å². The molecular weight excluding hydrogens is 228 g/mol. The number of rotatable bonds is 1. The Balaban J connectivity index is 2.22. The molecule has 0 saturated heterocycles. The van der Waals surface area contributed by atoms with Gasteiger partial charge in [-0.3, -0.25) is 0 Å². The summed E-state index contributed by atoms with van der Waals surface area (Å²) in [4.78, 5) is 4.28. The number of furan rings is 1. The molecule has 0 aliphatic heterocycles. The third-order valence-corrected chi connectivity index (χ3v) is 2.39. The van der Waals surface area contributed by atoms with E-state index in [4.69, 9.17) is 21.8 Å². The topological polar surface area (TPSA) is 69.3 Å². The molecule has 5 nitrogen and oxygen atoms in total. The highest BCUT2D eigenvalue weighted by atomic mass is 35.5. The van der Waals surface area contributed by atoms with Gasteiger partial charge >= 0.3 is 0 Å². The van der Waals surface area contributed by atoms with Crippen LogP contribution in [0.15, 0.2) is 34.7 Å². The molecule has 0 amide bonds. The molecule has 0 aliphatic carbocycles. The van der Waals surface area contributed by atoms with E-state index in [-0.39, 0.29) is 0 Å². The number of nitrogens with zero attached hydrogens (tertiary/aromatic N) is 3. The van der Waals surface area contributed by atoms with E-state index in [0.717, 1.165) is 0 Å². The molecule has 0 radical (unpaired) electrons. The standard InChI is InChI=1S/C10H7ClN4O/c11-7-5-4-6(16-7)10-13-9-3-1-2-8(12)15(9)14-10/h1-5H,12H2. The van der Waals surface area contributed by atoms with Crippen molar-refractivity contribution in [3.8, 4) is 11.6 Å². The van der Waals surface area contributed by atoms with E-state index in [1.807, 2.05) is 12.1 Å². The second-order valence-corrected chi connectivity index (χ2v) is 3.63. The van der Waals surface area contributed by atoms with Gasteiger partial charge in [0.25, 0.3) is 0 Å². The molecule has 0 spiro atoms. The number of hydrogen-bond acceptors (Lipinski definition) is 4. The summed E-state index contributed by atoms with van der Waals surface area (Å²) in [7, 11) is 0. The third kappa shape index (κ3) is 1.33. The molecule has 16 heavy (non-hydrogen) atoms. The summed E-state index contributed by atoms with van der Waals surface area (Å²) >= 11 is 5.69. The molecule has 80 valence electrons. The van der Waals surface area contributed by atoms with Crippen molar-refractivity contribution in [1.29, 1.82) is 0 Å². The Kier molecular flexibility index (Phi) is 1.87. The number of hydrogen-bond donors (Lipinski definition) is 1. The maximum Gasteiger partial charge on any atom is 0.218 e. The van der Waals surface area contributed by atoms with Crippen LogP contribution >= 0.6 is 11.6 Å². The van der Waals surface area contributed by atoms with Crippen LogP contribution in [0.4, 0.5) is 5.82 Å². The van der Waals surface area contributed by atoms with Gasteiger partial charge in [-0.05, 0) is 35.9 Å². The third-order valence-electron chi connectivity index (χ3n) is 2.18. The summed E-state index contributed by atoms with van der Waals surface area (Å²) in [6, 6.07) is 8.75. The van der Waals surface area contributed by atoms with Gasteiger partial charge in [0.05, 0.1) is 0 Å². The van der Waals surface area contributed by atoms with Crippen molar-refractivity contribution in [1.82, 2.24) is 14.6 Å². The van der Waals surface area contributed by atoms with Crippen LogP contribution < -0.4 is 5.73 Å². The molecule has 0 bridgehead atoms. The fraction of sp³-hybridized carbons (Fsp3) is 0. The molecule has 0 atom stereocenters. The van der Waals surface area contributed by atoms with E-state index in [1.165, 1.54) is 0 Å². The van der Waals surface area contributed by atoms with E-state index in [0.29, 0.717) is 28.3 Å². The monoisotopic (exact) mass is 234 g/mol. The normalized spacial score (nSPS) is 11.1. The molecule has 6 heteroatoms. The maximum atomic E-state index is 5.76. The lowest BCUT2D eigenvalue weighted by Crippen LogP contribution is -1.96. The van der Waals surface area contributed by atoms with Gasteiger partial charge in [-0.25, -0.2) is 4.98 Å². The van der Waals surface area contributed by atoms with E-state index < -0.39 is 0 Å². The van der Waals surface area contributed by atoms with E-state index in [2.05, 4.69) is 10.1 Å². The van der Waals surface area contributed by atoms with Gasteiger partial charge in [0, 0.05) is 0 Å². The number of fused-ring (bicyclic) bond motifs is 1. The molecule has 0 unspecified atom stereocenters. The van der Waals surface area contributed by atoms with Crippen LogP contribution in [-0.2, 0) is 0 Å². The molecule has 0 aromatic carbocycles. The Morgan fingerprint density at radius 1 is 1.25 bits per heavy atom. The SMILES string of the molecule is Nc1cccc2nc(-c3ccc(Cl)o3)nn12. The first-order valence-electron chi connectivity index (χ1n) is 4.61. The fourth-order valence-corrected chi connectivity index (χ4v) is 1.61. The first-order valence-corrected chi connectivity index (χ1v) is 4.99. The molecule has 3 rings (SSSR count). The number of pyridine rings is 1. The Labute approximate surface area is 95.5 Å². The number of halogens is 1.